The zero-order valence-corrected chi connectivity index (χ0v) is 9.33. The molecule has 0 amide bonds. The molecule has 2 rings (SSSR count). The van der Waals surface area contributed by atoms with Gasteiger partial charge in [0.25, 0.3) is 0 Å². The topological polar surface area (TPSA) is 41.8 Å². The van der Waals surface area contributed by atoms with Crippen LogP contribution in [0.5, 0.6) is 0 Å². The fraction of sp³-hybridized carbons (Fsp3) is 0.385. The van der Waals surface area contributed by atoms with Crippen molar-refractivity contribution in [2.24, 2.45) is 11.7 Å². The second-order valence-corrected chi connectivity index (χ2v) is 4.47. The number of aromatic nitrogens is 1. The van der Waals surface area contributed by atoms with Crippen LogP contribution in [0.1, 0.15) is 19.4 Å². The Labute approximate surface area is 90.5 Å². The number of aromatic amines is 1. The van der Waals surface area contributed by atoms with Gasteiger partial charge < -0.3 is 10.7 Å². The van der Waals surface area contributed by atoms with E-state index in [2.05, 4.69) is 43.2 Å². The molecular formula is C13H18N2. The Morgan fingerprint density at radius 1 is 1.27 bits per heavy atom. The predicted octanol–water partition coefficient (Wildman–Crippen LogP) is 2.69. The lowest BCUT2D eigenvalue weighted by Gasteiger charge is -2.14. The molecule has 1 aromatic heterocycles. The Hall–Kier alpha value is -1.28. The molecule has 0 fully saturated rings. The van der Waals surface area contributed by atoms with Crippen LogP contribution in [0, 0.1) is 5.92 Å². The van der Waals surface area contributed by atoms with E-state index in [9.17, 15) is 0 Å². The van der Waals surface area contributed by atoms with Crippen molar-refractivity contribution in [2.45, 2.75) is 26.3 Å². The number of hydrogen-bond donors (Lipinski definition) is 2. The number of rotatable bonds is 3. The van der Waals surface area contributed by atoms with E-state index in [-0.39, 0.29) is 6.04 Å². The van der Waals surface area contributed by atoms with Crippen molar-refractivity contribution in [1.29, 1.82) is 0 Å². The Kier molecular flexibility index (Phi) is 2.78. The van der Waals surface area contributed by atoms with Crippen molar-refractivity contribution in [3.8, 4) is 0 Å². The highest BCUT2D eigenvalue weighted by molar-refractivity contribution is 5.83. The maximum absolute atomic E-state index is 6.08. The second-order valence-electron chi connectivity index (χ2n) is 4.47. The van der Waals surface area contributed by atoms with Crippen molar-refractivity contribution in [2.75, 3.05) is 0 Å². The minimum atomic E-state index is 0.240. The van der Waals surface area contributed by atoms with E-state index in [4.69, 9.17) is 5.73 Å². The molecule has 1 aromatic carbocycles. The molecule has 1 heterocycles. The Morgan fingerprint density at radius 3 is 2.73 bits per heavy atom. The van der Waals surface area contributed by atoms with Crippen LogP contribution in [-0.2, 0) is 6.42 Å². The summed E-state index contributed by atoms with van der Waals surface area (Å²) >= 11 is 0. The molecule has 0 bridgehead atoms. The SMILES string of the molecule is CC(C)[C@H](N)Cc1c[nH]c2ccccc12. The van der Waals surface area contributed by atoms with Crippen molar-refractivity contribution in [3.63, 3.8) is 0 Å². The summed E-state index contributed by atoms with van der Waals surface area (Å²) in [6, 6.07) is 8.60. The summed E-state index contributed by atoms with van der Waals surface area (Å²) in [5.74, 6) is 0.527. The molecule has 2 nitrogen and oxygen atoms in total. The molecule has 0 saturated heterocycles. The summed E-state index contributed by atoms with van der Waals surface area (Å²) in [5.41, 5.74) is 8.61. The first-order chi connectivity index (χ1) is 7.18. The van der Waals surface area contributed by atoms with E-state index < -0.39 is 0 Å². The number of benzene rings is 1. The molecule has 3 N–H and O–H groups in total. The molecule has 0 aliphatic carbocycles. The van der Waals surface area contributed by atoms with Gasteiger partial charge in [-0.15, -0.1) is 0 Å². The smallest absolute Gasteiger partial charge is 0.0456 e. The van der Waals surface area contributed by atoms with E-state index in [1.807, 2.05) is 6.07 Å². The van der Waals surface area contributed by atoms with Crippen LogP contribution in [0.2, 0.25) is 0 Å². The second kappa shape index (κ2) is 4.07. The standard InChI is InChI=1S/C13H18N2/c1-9(2)12(14)7-10-8-15-13-6-4-3-5-11(10)13/h3-6,8-9,12,15H,7,14H2,1-2H3/t12-/m1/s1. The largest absolute Gasteiger partial charge is 0.361 e. The monoisotopic (exact) mass is 202 g/mol. The molecular weight excluding hydrogens is 184 g/mol. The molecule has 0 aliphatic heterocycles. The van der Waals surface area contributed by atoms with Crippen LogP contribution in [0.15, 0.2) is 30.5 Å². The predicted molar refractivity (Wildman–Crippen MR) is 64.8 cm³/mol. The van der Waals surface area contributed by atoms with Gasteiger partial charge in [0.1, 0.15) is 0 Å². The van der Waals surface area contributed by atoms with Gasteiger partial charge in [0.05, 0.1) is 0 Å². The lowest BCUT2D eigenvalue weighted by molar-refractivity contribution is 0.491. The average molecular weight is 202 g/mol. The number of nitrogens with one attached hydrogen (secondary N) is 1. The van der Waals surface area contributed by atoms with Crippen LogP contribution in [0.25, 0.3) is 10.9 Å². The van der Waals surface area contributed by atoms with Gasteiger partial charge in [0, 0.05) is 23.1 Å². The van der Waals surface area contributed by atoms with Crippen LogP contribution in [0.3, 0.4) is 0 Å². The van der Waals surface area contributed by atoms with E-state index >= 15 is 0 Å². The summed E-state index contributed by atoms with van der Waals surface area (Å²) in [7, 11) is 0. The quantitative estimate of drug-likeness (QED) is 0.789. The zero-order valence-electron chi connectivity index (χ0n) is 9.33. The van der Waals surface area contributed by atoms with E-state index in [0.29, 0.717) is 5.92 Å². The summed E-state index contributed by atoms with van der Waals surface area (Å²) < 4.78 is 0. The first-order valence-electron chi connectivity index (χ1n) is 5.49. The fourth-order valence-corrected chi connectivity index (χ4v) is 1.79. The minimum absolute atomic E-state index is 0.240. The lowest BCUT2D eigenvalue weighted by atomic mass is 9.97. The Balaban J connectivity index is 2.29. The third kappa shape index (κ3) is 2.05. The summed E-state index contributed by atoms with van der Waals surface area (Å²) in [5, 5.41) is 1.30. The molecule has 80 valence electrons. The number of nitrogens with two attached hydrogens (primary N) is 1. The normalized spacial score (nSPS) is 13.6. The number of fused-ring (bicyclic) bond motifs is 1. The first-order valence-corrected chi connectivity index (χ1v) is 5.49. The van der Waals surface area contributed by atoms with E-state index in [1.165, 1.54) is 16.5 Å². The van der Waals surface area contributed by atoms with E-state index in [0.717, 1.165) is 6.42 Å². The Morgan fingerprint density at radius 2 is 2.00 bits per heavy atom. The van der Waals surface area contributed by atoms with Gasteiger partial charge in [0.2, 0.25) is 0 Å². The van der Waals surface area contributed by atoms with Gasteiger partial charge in [-0.1, -0.05) is 32.0 Å². The average Bonchev–Trinajstić information content (AvgIpc) is 2.62. The zero-order chi connectivity index (χ0) is 10.8. The summed E-state index contributed by atoms with van der Waals surface area (Å²) in [6.45, 7) is 4.33. The van der Waals surface area contributed by atoms with Gasteiger partial charge in [0.15, 0.2) is 0 Å². The molecule has 2 heteroatoms. The van der Waals surface area contributed by atoms with E-state index in [1.54, 1.807) is 0 Å². The molecule has 0 unspecified atom stereocenters. The van der Waals surface area contributed by atoms with Gasteiger partial charge in [-0.2, -0.15) is 0 Å². The molecule has 0 radical (unpaired) electrons. The van der Waals surface area contributed by atoms with Crippen molar-refractivity contribution in [1.82, 2.24) is 4.98 Å². The van der Waals surface area contributed by atoms with Gasteiger partial charge in [-0.05, 0) is 24.0 Å². The number of hydrogen-bond acceptors (Lipinski definition) is 1. The van der Waals surface area contributed by atoms with Gasteiger partial charge in [-0.3, -0.25) is 0 Å². The highest BCUT2D eigenvalue weighted by Crippen LogP contribution is 2.19. The molecule has 0 aliphatic rings. The lowest BCUT2D eigenvalue weighted by Crippen LogP contribution is -2.28. The van der Waals surface area contributed by atoms with Gasteiger partial charge >= 0.3 is 0 Å². The maximum Gasteiger partial charge on any atom is 0.0456 e. The third-order valence-corrected chi connectivity index (χ3v) is 2.99. The van der Waals surface area contributed by atoms with Crippen LogP contribution < -0.4 is 5.73 Å². The van der Waals surface area contributed by atoms with Crippen LogP contribution in [-0.4, -0.2) is 11.0 Å². The molecule has 15 heavy (non-hydrogen) atoms. The molecule has 2 aromatic rings. The molecule has 0 spiro atoms. The third-order valence-electron chi connectivity index (χ3n) is 2.99. The first kappa shape index (κ1) is 10.2. The molecule has 1 atom stereocenters. The van der Waals surface area contributed by atoms with Crippen LogP contribution in [0.4, 0.5) is 0 Å². The number of para-hydroxylation sites is 1. The van der Waals surface area contributed by atoms with Crippen molar-refractivity contribution in [3.05, 3.63) is 36.0 Å². The molecule has 0 saturated carbocycles. The Bertz CT molecular complexity index is 442. The highest BCUT2D eigenvalue weighted by atomic mass is 14.7. The highest BCUT2D eigenvalue weighted by Gasteiger charge is 2.11. The minimum Gasteiger partial charge on any atom is -0.361 e. The van der Waals surface area contributed by atoms with Crippen molar-refractivity contribution < 1.29 is 0 Å². The fourth-order valence-electron chi connectivity index (χ4n) is 1.79. The summed E-state index contributed by atoms with van der Waals surface area (Å²) in [6.07, 6.45) is 3.02. The van der Waals surface area contributed by atoms with Gasteiger partial charge in [-0.25, -0.2) is 0 Å². The number of H-pyrrole nitrogens is 1. The van der Waals surface area contributed by atoms with Crippen LogP contribution >= 0.6 is 0 Å². The van der Waals surface area contributed by atoms with Crippen molar-refractivity contribution >= 4 is 10.9 Å². The maximum atomic E-state index is 6.08. The summed E-state index contributed by atoms with van der Waals surface area (Å²) in [4.78, 5) is 3.28.